The van der Waals surface area contributed by atoms with Gasteiger partial charge in [0.05, 0.1) is 12.7 Å². The zero-order valence-electron chi connectivity index (χ0n) is 12.2. The van der Waals surface area contributed by atoms with Crippen LogP contribution in [0.1, 0.15) is 22.7 Å². The SMILES string of the molecule is Cc1sc(CC(=O)NC[C@@H]2CCC(=O)N2)nc1-c1ccco1. The summed E-state index contributed by atoms with van der Waals surface area (Å²) < 4.78 is 5.35. The number of aromatic nitrogens is 1. The molecule has 0 spiro atoms. The first-order valence-corrected chi connectivity index (χ1v) is 7.99. The van der Waals surface area contributed by atoms with E-state index in [1.807, 2.05) is 19.1 Å². The summed E-state index contributed by atoms with van der Waals surface area (Å²) in [5.74, 6) is 0.688. The van der Waals surface area contributed by atoms with E-state index in [1.165, 1.54) is 11.3 Å². The predicted molar refractivity (Wildman–Crippen MR) is 82.4 cm³/mol. The van der Waals surface area contributed by atoms with Crippen LogP contribution in [0.25, 0.3) is 11.5 Å². The highest BCUT2D eigenvalue weighted by Gasteiger charge is 2.21. The molecule has 22 heavy (non-hydrogen) atoms. The van der Waals surface area contributed by atoms with Gasteiger partial charge in [-0.15, -0.1) is 11.3 Å². The molecule has 1 saturated heterocycles. The molecule has 1 aliphatic rings. The van der Waals surface area contributed by atoms with E-state index in [2.05, 4.69) is 15.6 Å². The lowest BCUT2D eigenvalue weighted by Gasteiger charge is -2.10. The molecule has 0 bridgehead atoms. The van der Waals surface area contributed by atoms with Crippen LogP contribution in [0.5, 0.6) is 0 Å². The quantitative estimate of drug-likeness (QED) is 0.877. The Morgan fingerprint density at radius 2 is 2.45 bits per heavy atom. The summed E-state index contributed by atoms with van der Waals surface area (Å²) >= 11 is 1.50. The van der Waals surface area contributed by atoms with Crippen LogP contribution in [-0.2, 0) is 16.0 Å². The molecule has 2 aromatic heterocycles. The van der Waals surface area contributed by atoms with Gasteiger partial charge in [0.1, 0.15) is 10.7 Å². The molecule has 2 N–H and O–H groups in total. The minimum absolute atomic E-state index is 0.0492. The van der Waals surface area contributed by atoms with E-state index < -0.39 is 0 Å². The first-order valence-electron chi connectivity index (χ1n) is 7.18. The van der Waals surface area contributed by atoms with E-state index in [0.29, 0.717) is 18.7 Å². The third kappa shape index (κ3) is 3.36. The Morgan fingerprint density at radius 1 is 1.59 bits per heavy atom. The number of nitrogens with one attached hydrogen (secondary N) is 2. The Hall–Kier alpha value is -2.15. The van der Waals surface area contributed by atoms with Crippen molar-refractivity contribution in [3.8, 4) is 11.5 Å². The summed E-state index contributed by atoms with van der Waals surface area (Å²) in [5, 5.41) is 6.43. The van der Waals surface area contributed by atoms with E-state index in [9.17, 15) is 9.59 Å². The highest BCUT2D eigenvalue weighted by atomic mass is 32.1. The van der Waals surface area contributed by atoms with Crippen LogP contribution < -0.4 is 10.6 Å². The van der Waals surface area contributed by atoms with Crippen LogP contribution in [0.4, 0.5) is 0 Å². The monoisotopic (exact) mass is 319 g/mol. The second-order valence-corrected chi connectivity index (χ2v) is 6.56. The number of furan rings is 1. The Bertz CT molecular complexity index is 678. The largest absolute Gasteiger partial charge is 0.463 e. The van der Waals surface area contributed by atoms with Crippen LogP contribution in [0.3, 0.4) is 0 Å². The molecule has 2 amide bonds. The topological polar surface area (TPSA) is 84.2 Å². The molecule has 0 aliphatic carbocycles. The Morgan fingerprint density at radius 3 is 3.14 bits per heavy atom. The fraction of sp³-hybridized carbons (Fsp3) is 0.400. The van der Waals surface area contributed by atoms with Gasteiger partial charge in [0.2, 0.25) is 11.8 Å². The van der Waals surface area contributed by atoms with Gasteiger partial charge in [-0.1, -0.05) is 0 Å². The smallest absolute Gasteiger partial charge is 0.226 e. The van der Waals surface area contributed by atoms with Gasteiger partial charge < -0.3 is 15.1 Å². The number of amides is 2. The van der Waals surface area contributed by atoms with Crippen LogP contribution in [0.15, 0.2) is 22.8 Å². The van der Waals surface area contributed by atoms with Crippen molar-refractivity contribution in [1.82, 2.24) is 15.6 Å². The van der Waals surface area contributed by atoms with Gasteiger partial charge in [-0.25, -0.2) is 4.98 Å². The molecule has 2 aromatic rings. The fourth-order valence-corrected chi connectivity index (χ4v) is 3.37. The Balaban J connectivity index is 1.55. The fourth-order valence-electron chi connectivity index (χ4n) is 2.44. The molecule has 0 saturated carbocycles. The highest BCUT2D eigenvalue weighted by molar-refractivity contribution is 7.12. The van der Waals surface area contributed by atoms with Gasteiger partial charge >= 0.3 is 0 Å². The van der Waals surface area contributed by atoms with Gasteiger partial charge in [-0.05, 0) is 25.5 Å². The first kappa shape index (κ1) is 14.8. The number of nitrogens with zero attached hydrogens (tertiary/aromatic N) is 1. The zero-order valence-corrected chi connectivity index (χ0v) is 13.0. The summed E-state index contributed by atoms with van der Waals surface area (Å²) in [6.07, 6.45) is 3.17. The lowest BCUT2D eigenvalue weighted by atomic mass is 10.2. The van der Waals surface area contributed by atoms with Crippen molar-refractivity contribution in [1.29, 1.82) is 0 Å². The maximum atomic E-state index is 12.0. The van der Waals surface area contributed by atoms with Crippen molar-refractivity contribution < 1.29 is 14.0 Å². The van der Waals surface area contributed by atoms with Crippen molar-refractivity contribution in [2.75, 3.05) is 6.54 Å². The minimum atomic E-state index is -0.0825. The summed E-state index contributed by atoms with van der Waals surface area (Å²) in [6, 6.07) is 3.72. The van der Waals surface area contributed by atoms with Gasteiger partial charge in [-0.3, -0.25) is 9.59 Å². The van der Waals surface area contributed by atoms with Gasteiger partial charge in [0, 0.05) is 23.9 Å². The molecule has 3 rings (SSSR count). The molecule has 116 valence electrons. The highest BCUT2D eigenvalue weighted by Crippen LogP contribution is 2.27. The maximum Gasteiger partial charge on any atom is 0.226 e. The van der Waals surface area contributed by atoms with Crippen molar-refractivity contribution in [3.63, 3.8) is 0 Å². The number of aryl methyl sites for hydroxylation is 1. The minimum Gasteiger partial charge on any atom is -0.463 e. The number of hydrogen-bond donors (Lipinski definition) is 2. The average molecular weight is 319 g/mol. The number of rotatable bonds is 5. The zero-order chi connectivity index (χ0) is 15.5. The summed E-state index contributed by atoms with van der Waals surface area (Å²) in [4.78, 5) is 28.6. The normalized spacial score (nSPS) is 17.5. The van der Waals surface area contributed by atoms with E-state index in [1.54, 1.807) is 6.26 Å². The predicted octanol–water partition coefficient (Wildman–Crippen LogP) is 1.65. The van der Waals surface area contributed by atoms with Gasteiger partial charge in [0.25, 0.3) is 0 Å². The van der Waals surface area contributed by atoms with Gasteiger partial charge in [0.15, 0.2) is 5.76 Å². The second-order valence-electron chi connectivity index (χ2n) is 5.27. The summed E-state index contributed by atoms with van der Waals surface area (Å²) in [6.45, 7) is 2.44. The Labute approximate surface area is 131 Å². The van der Waals surface area contributed by atoms with E-state index in [4.69, 9.17) is 4.42 Å². The lowest BCUT2D eigenvalue weighted by molar-refractivity contribution is -0.121. The molecular weight excluding hydrogens is 302 g/mol. The number of carbonyl (C=O) groups is 2. The molecule has 0 unspecified atom stereocenters. The number of thiazole rings is 1. The molecular formula is C15H17N3O3S. The molecule has 0 aromatic carbocycles. The molecule has 0 radical (unpaired) electrons. The summed E-state index contributed by atoms with van der Waals surface area (Å²) in [7, 11) is 0. The number of hydrogen-bond acceptors (Lipinski definition) is 5. The van der Waals surface area contributed by atoms with E-state index >= 15 is 0 Å². The van der Waals surface area contributed by atoms with Crippen molar-refractivity contribution >= 4 is 23.2 Å². The molecule has 6 nitrogen and oxygen atoms in total. The standard InChI is InChI=1S/C15H17N3O3S/c1-9-15(11-3-2-6-21-11)18-14(22-9)7-13(20)16-8-10-4-5-12(19)17-10/h2-3,6,10H,4-5,7-8H2,1H3,(H,16,20)(H,17,19)/t10-/m0/s1. The average Bonchev–Trinajstić information content (AvgIpc) is 3.18. The molecule has 1 fully saturated rings. The van der Waals surface area contributed by atoms with Crippen molar-refractivity contribution in [2.24, 2.45) is 0 Å². The Kier molecular flexibility index (Phi) is 4.24. The van der Waals surface area contributed by atoms with E-state index in [-0.39, 0.29) is 24.3 Å². The lowest BCUT2D eigenvalue weighted by Crippen LogP contribution is -2.38. The van der Waals surface area contributed by atoms with Crippen LogP contribution in [-0.4, -0.2) is 29.4 Å². The second kappa shape index (κ2) is 6.31. The third-order valence-corrected chi connectivity index (χ3v) is 4.51. The molecule has 3 heterocycles. The maximum absolute atomic E-state index is 12.0. The first-order chi connectivity index (χ1) is 10.6. The number of carbonyl (C=O) groups excluding carboxylic acids is 2. The van der Waals surface area contributed by atoms with Crippen LogP contribution in [0, 0.1) is 6.92 Å². The van der Waals surface area contributed by atoms with Crippen molar-refractivity contribution in [2.45, 2.75) is 32.2 Å². The molecule has 1 aliphatic heterocycles. The van der Waals surface area contributed by atoms with Crippen molar-refractivity contribution in [3.05, 3.63) is 28.3 Å². The van der Waals surface area contributed by atoms with Gasteiger partial charge in [-0.2, -0.15) is 0 Å². The van der Waals surface area contributed by atoms with Crippen LogP contribution in [0.2, 0.25) is 0 Å². The third-order valence-electron chi connectivity index (χ3n) is 3.54. The molecule has 1 atom stereocenters. The molecule has 7 heteroatoms. The summed E-state index contributed by atoms with van der Waals surface area (Å²) in [5.41, 5.74) is 0.792. The van der Waals surface area contributed by atoms with E-state index in [0.717, 1.165) is 22.0 Å². The van der Waals surface area contributed by atoms with Crippen LogP contribution >= 0.6 is 11.3 Å².